The molecule has 1 aliphatic heterocycles. The lowest BCUT2D eigenvalue weighted by Gasteiger charge is -2.34. The van der Waals surface area contributed by atoms with Crippen molar-refractivity contribution in [2.24, 2.45) is 0 Å². The molecule has 0 atom stereocenters. The summed E-state index contributed by atoms with van der Waals surface area (Å²) in [6, 6.07) is 9.32. The fraction of sp³-hybridized carbons (Fsp3) is 0.353. The second-order valence-electron chi connectivity index (χ2n) is 5.97. The lowest BCUT2D eigenvalue weighted by molar-refractivity contribution is -0.137. The van der Waals surface area contributed by atoms with Crippen molar-refractivity contribution in [3.63, 3.8) is 0 Å². The zero-order chi connectivity index (χ0) is 17.8. The number of halogens is 1. The Kier molecular flexibility index (Phi) is 5.35. The fourth-order valence-electron chi connectivity index (χ4n) is 2.93. The van der Waals surface area contributed by atoms with E-state index in [1.165, 1.54) is 10.9 Å². The lowest BCUT2D eigenvalue weighted by atomic mass is 10.2. The number of benzene rings is 1. The Morgan fingerprint density at radius 1 is 1.16 bits per heavy atom. The van der Waals surface area contributed by atoms with Crippen molar-refractivity contribution in [2.75, 3.05) is 26.2 Å². The van der Waals surface area contributed by atoms with Crippen molar-refractivity contribution < 1.29 is 14.7 Å². The van der Waals surface area contributed by atoms with Crippen LogP contribution in [0.15, 0.2) is 36.5 Å². The van der Waals surface area contributed by atoms with Gasteiger partial charge in [-0.3, -0.25) is 14.5 Å². The average Bonchev–Trinajstić information content (AvgIpc) is 3.02. The number of hydrogen-bond acceptors (Lipinski definition) is 4. The fourth-order valence-corrected chi connectivity index (χ4v) is 3.15. The van der Waals surface area contributed by atoms with Gasteiger partial charge in [0.15, 0.2) is 0 Å². The van der Waals surface area contributed by atoms with Gasteiger partial charge in [0.1, 0.15) is 12.2 Å². The maximum atomic E-state index is 12.6. The van der Waals surface area contributed by atoms with E-state index in [4.69, 9.17) is 16.7 Å². The van der Waals surface area contributed by atoms with Crippen LogP contribution in [-0.4, -0.2) is 62.7 Å². The maximum Gasteiger partial charge on any atom is 0.325 e. The van der Waals surface area contributed by atoms with Crippen LogP contribution in [0.25, 0.3) is 0 Å². The van der Waals surface area contributed by atoms with Gasteiger partial charge in [-0.05, 0) is 23.8 Å². The molecule has 2 heterocycles. The van der Waals surface area contributed by atoms with E-state index >= 15 is 0 Å². The molecule has 1 aromatic carbocycles. The number of carbonyl (C=O) groups excluding carboxylic acids is 1. The maximum absolute atomic E-state index is 12.6. The number of aliphatic carboxylic acids is 1. The normalized spacial score (nSPS) is 15.3. The van der Waals surface area contributed by atoms with Crippen LogP contribution in [0.3, 0.4) is 0 Å². The minimum absolute atomic E-state index is 0.179. The SMILES string of the molecule is O=C(O)Cn1nccc1C(=O)N1CCN(Cc2cccc(Cl)c2)CC1. The van der Waals surface area contributed by atoms with Gasteiger partial charge in [-0.25, -0.2) is 4.68 Å². The predicted octanol–water partition coefficient (Wildman–Crippen LogP) is 1.58. The van der Waals surface area contributed by atoms with E-state index in [0.717, 1.165) is 30.2 Å². The van der Waals surface area contributed by atoms with Crippen LogP contribution in [0, 0.1) is 0 Å². The zero-order valence-corrected chi connectivity index (χ0v) is 14.4. The van der Waals surface area contributed by atoms with Crippen molar-refractivity contribution in [1.82, 2.24) is 19.6 Å². The summed E-state index contributed by atoms with van der Waals surface area (Å²) in [5.74, 6) is -1.20. The molecule has 25 heavy (non-hydrogen) atoms. The molecular formula is C17H19ClN4O3. The van der Waals surface area contributed by atoms with Gasteiger partial charge in [-0.2, -0.15) is 5.10 Å². The summed E-state index contributed by atoms with van der Waals surface area (Å²) in [4.78, 5) is 27.5. The van der Waals surface area contributed by atoms with Gasteiger partial charge in [-0.1, -0.05) is 23.7 Å². The van der Waals surface area contributed by atoms with E-state index < -0.39 is 5.97 Å². The van der Waals surface area contributed by atoms with Gasteiger partial charge < -0.3 is 10.0 Å². The van der Waals surface area contributed by atoms with Gasteiger partial charge in [-0.15, -0.1) is 0 Å². The molecule has 0 radical (unpaired) electrons. The summed E-state index contributed by atoms with van der Waals surface area (Å²) in [5.41, 5.74) is 1.46. The molecule has 0 aliphatic carbocycles. The van der Waals surface area contributed by atoms with Crippen LogP contribution in [0.1, 0.15) is 16.1 Å². The zero-order valence-electron chi connectivity index (χ0n) is 13.6. The molecule has 0 saturated carbocycles. The Balaban J connectivity index is 1.58. The van der Waals surface area contributed by atoms with Crippen LogP contribution in [0.4, 0.5) is 0 Å². The summed E-state index contributed by atoms with van der Waals surface area (Å²) in [7, 11) is 0. The standard InChI is InChI=1S/C17H19ClN4O3/c18-14-3-1-2-13(10-14)11-20-6-8-21(9-7-20)17(25)15-4-5-19-22(15)12-16(23)24/h1-5,10H,6-9,11-12H2,(H,23,24). The van der Waals surface area contributed by atoms with E-state index in [2.05, 4.69) is 10.00 Å². The Bertz CT molecular complexity index is 769. The second kappa shape index (κ2) is 7.67. The van der Waals surface area contributed by atoms with Gasteiger partial charge >= 0.3 is 5.97 Å². The largest absolute Gasteiger partial charge is 0.480 e. The van der Waals surface area contributed by atoms with Crippen molar-refractivity contribution in [2.45, 2.75) is 13.1 Å². The number of hydrogen-bond donors (Lipinski definition) is 1. The molecule has 0 bridgehead atoms. The van der Waals surface area contributed by atoms with Crippen molar-refractivity contribution in [1.29, 1.82) is 0 Å². The molecule has 3 rings (SSSR count). The van der Waals surface area contributed by atoms with E-state index in [-0.39, 0.29) is 12.5 Å². The number of rotatable bonds is 5. The molecule has 0 unspecified atom stereocenters. The first-order chi connectivity index (χ1) is 12.0. The van der Waals surface area contributed by atoms with Crippen molar-refractivity contribution in [3.8, 4) is 0 Å². The number of amides is 1. The van der Waals surface area contributed by atoms with Gasteiger partial charge in [0.05, 0.1) is 0 Å². The number of carbonyl (C=O) groups is 2. The molecule has 7 nitrogen and oxygen atoms in total. The highest BCUT2D eigenvalue weighted by Crippen LogP contribution is 2.15. The van der Waals surface area contributed by atoms with E-state index in [9.17, 15) is 9.59 Å². The third-order valence-corrected chi connectivity index (χ3v) is 4.41. The number of piperazine rings is 1. The molecule has 1 saturated heterocycles. The summed E-state index contributed by atoms with van der Waals surface area (Å²) >= 11 is 6.01. The second-order valence-corrected chi connectivity index (χ2v) is 6.40. The van der Waals surface area contributed by atoms with Crippen LogP contribution >= 0.6 is 11.6 Å². The van der Waals surface area contributed by atoms with Crippen LogP contribution in [0.5, 0.6) is 0 Å². The Morgan fingerprint density at radius 2 is 1.92 bits per heavy atom. The molecule has 8 heteroatoms. The predicted molar refractivity (Wildman–Crippen MR) is 92.5 cm³/mol. The minimum atomic E-state index is -1.02. The Morgan fingerprint density at radius 3 is 2.60 bits per heavy atom. The topological polar surface area (TPSA) is 78.7 Å². The first-order valence-electron chi connectivity index (χ1n) is 8.02. The minimum Gasteiger partial charge on any atom is -0.480 e. The molecule has 1 aromatic heterocycles. The third-order valence-electron chi connectivity index (χ3n) is 4.18. The summed E-state index contributed by atoms with van der Waals surface area (Å²) < 4.78 is 1.23. The Labute approximate surface area is 150 Å². The lowest BCUT2D eigenvalue weighted by Crippen LogP contribution is -2.48. The number of aromatic nitrogens is 2. The Hall–Kier alpha value is -2.38. The van der Waals surface area contributed by atoms with Crippen molar-refractivity contribution >= 4 is 23.5 Å². The highest BCUT2D eigenvalue weighted by molar-refractivity contribution is 6.30. The van der Waals surface area contributed by atoms with Gasteiger partial charge in [0.25, 0.3) is 5.91 Å². The van der Waals surface area contributed by atoms with Gasteiger partial charge in [0, 0.05) is 43.9 Å². The van der Waals surface area contributed by atoms with Gasteiger partial charge in [0.2, 0.25) is 0 Å². The molecular weight excluding hydrogens is 344 g/mol. The molecule has 1 amide bonds. The summed E-state index contributed by atoms with van der Waals surface area (Å²) in [5, 5.41) is 13.5. The molecule has 0 spiro atoms. The first kappa shape index (κ1) is 17.4. The quantitative estimate of drug-likeness (QED) is 0.873. The number of nitrogens with zero attached hydrogens (tertiary/aromatic N) is 4. The molecule has 1 aliphatic rings. The number of carboxylic acids is 1. The monoisotopic (exact) mass is 362 g/mol. The van der Waals surface area contributed by atoms with E-state index in [1.807, 2.05) is 24.3 Å². The highest BCUT2D eigenvalue weighted by atomic mass is 35.5. The highest BCUT2D eigenvalue weighted by Gasteiger charge is 2.24. The summed E-state index contributed by atoms with van der Waals surface area (Å²) in [6.07, 6.45) is 1.45. The van der Waals surface area contributed by atoms with E-state index in [0.29, 0.717) is 18.8 Å². The van der Waals surface area contributed by atoms with E-state index in [1.54, 1.807) is 11.0 Å². The first-order valence-corrected chi connectivity index (χ1v) is 8.40. The van der Waals surface area contributed by atoms with Crippen molar-refractivity contribution in [3.05, 3.63) is 52.8 Å². The molecule has 2 aromatic rings. The molecule has 1 N–H and O–H groups in total. The molecule has 1 fully saturated rings. The summed E-state index contributed by atoms with van der Waals surface area (Å²) in [6.45, 7) is 3.17. The van der Waals surface area contributed by atoms with Crippen LogP contribution in [-0.2, 0) is 17.9 Å². The number of carboxylic acid groups (broad SMARTS) is 1. The van der Waals surface area contributed by atoms with Crippen LogP contribution < -0.4 is 0 Å². The molecule has 132 valence electrons. The smallest absolute Gasteiger partial charge is 0.325 e. The average molecular weight is 363 g/mol. The van der Waals surface area contributed by atoms with Crippen LogP contribution in [0.2, 0.25) is 5.02 Å². The third kappa shape index (κ3) is 4.37.